The minimum atomic E-state index is -0.692. The molecule has 1 aromatic heterocycles. The topological polar surface area (TPSA) is 75.4 Å². The number of carbonyl (C=O) groups is 1. The minimum Gasteiger partial charge on any atom is -0.398 e. The molecule has 1 heterocycles. The highest BCUT2D eigenvalue weighted by atomic mass is 79.9. The summed E-state index contributed by atoms with van der Waals surface area (Å²) in [4.78, 5) is 11.9. The highest BCUT2D eigenvalue weighted by Gasteiger charge is 2.11. The Labute approximate surface area is 123 Å². The first-order chi connectivity index (χ1) is 9.08. The molecule has 0 aliphatic rings. The number of carbonyl (C=O) groups excluding carboxylic acids is 1. The summed E-state index contributed by atoms with van der Waals surface area (Å²) in [6.45, 7) is 0.172. The molecule has 0 spiro atoms. The number of hydrogen-bond acceptors (Lipinski definition) is 4. The Balaban J connectivity index is 1.96. The third-order valence-electron chi connectivity index (χ3n) is 2.64. The van der Waals surface area contributed by atoms with Crippen molar-refractivity contribution in [3.05, 3.63) is 50.6 Å². The Bertz CT molecular complexity index is 572. The van der Waals surface area contributed by atoms with Gasteiger partial charge in [0.05, 0.1) is 6.10 Å². The van der Waals surface area contributed by atoms with Crippen molar-refractivity contribution in [2.75, 3.05) is 12.3 Å². The Kier molecular flexibility index (Phi) is 4.57. The van der Waals surface area contributed by atoms with E-state index in [1.54, 1.807) is 18.2 Å². The maximum absolute atomic E-state index is 11.9. The van der Waals surface area contributed by atoms with Crippen LogP contribution in [0.15, 0.2) is 39.5 Å². The van der Waals surface area contributed by atoms with Gasteiger partial charge in [-0.3, -0.25) is 4.79 Å². The summed E-state index contributed by atoms with van der Waals surface area (Å²) < 4.78 is 0.752. The van der Waals surface area contributed by atoms with E-state index in [9.17, 15) is 9.90 Å². The second-order valence-electron chi connectivity index (χ2n) is 4.02. The minimum absolute atomic E-state index is 0.172. The van der Waals surface area contributed by atoms with Gasteiger partial charge in [0.2, 0.25) is 0 Å². The van der Waals surface area contributed by atoms with E-state index >= 15 is 0 Å². The second-order valence-corrected chi connectivity index (χ2v) is 5.65. The van der Waals surface area contributed by atoms with E-state index in [2.05, 4.69) is 21.2 Å². The molecule has 0 radical (unpaired) electrons. The smallest absolute Gasteiger partial charge is 0.251 e. The van der Waals surface area contributed by atoms with Crippen molar-refractivity contribution in [1.82, 2.24) is 5.32 Å². The lowest BCUT2D eigenvalue weighted by Gasteiger charge is -2.11. The van der Waals surface area contributed by atoms with Gasteiger partial charge in [-0.25, -0.2) is 0 Å². The van der Waals surface area contributed by atoms with Crippen LogP contribution in [0, 0.1) is 0 Å². The van der Waals surface area contributed by atoms with Crippen LogP contribution in [0.2, 0.25) is 0 Å². The van der Waals surface area contributed by atoms with Crippen molar-refractivity contribution >= 4 is 38.9 Å². The van der Waals surface area contributed by atoms with Crippen LogP contribution in [0.1, 0.15) is 22.0 Å². The van der Waals surface area contributed by atoms with Crippen molar-refractivity contribution in [1.29, 1.82) is 0 Å². The molecule has 1 aromatic carbocycles. The molecule has 0 aliphatic carbocycles. The van der Waals surface area contributed by atoms with Crippen molar-refractivity contribution in [2.24, 2.45) is 0 Å². The summed E-state index contributed by atoms with van der Waals surface area (Å²) in [5, 5.41) is 16.3. The van der Waals surface area contributed by atoms with Crippen LogP contribution in [0.4, 0.5) is 5.69 Å². The van der Waals surface area contributed by atoms with Crippen LogP contribution >= 0.6 is 27.3 Å². The fourth-order valence-electron chi connectivity index (χ4n) is 1.56. The Morgan fingerprint density at radius 1 is 1.47 bits per heavy atom. The van der Waals surface area contributed by atoms with Crippen LogP contribution < -0.4 is 11.1 Å². The van der Waals surface area contributed by atoms with E-state index in [4.69, 9.17) is 5.73 Å². The van der Waals surface area contributed by atoms with Crippen LogP contribution in [-0.4, -0.2) is 17.6 Å². The molecule has 0 aliphatic heterocycles. The fourth-order valence-corrected chi connectivity index (χ4v) is 2.51. The van der Waals surface area contributed by atoms with Crippen molar-refractivity contribution in [2.45, 2.75) is 6.10 Å². The number of nitrogens with two attached hydrogens (primary N) is 1. The van der Waals surface area contributed by atoms with Gasteiger partial charge in [0.15, 0.2) is 0 Å². The van der Waals surface area contributed by atoms with E-state index in [0.29, 0.717) is 11.3 Å². The average molecular weight is 341 g/mol. The summed E-state index contributed by atoms with van der Waals surface area (Å²) >= 11 is 4.78. The molecular formula is C13H13BrN2O2S. The lowest BCUT2D eigenvalue weighted by molar-refractivity contribution is 0.0916. The van der Waals surface area contributed by atoms with Gasteiger partial charge in [0.25, 0.3) is 5.91 Å². The average Bonchev–Trinajstić information content (AvgIpc) is 2.92. The number of benzene rings is 1. The number of nitrogens with one attached hydrogen (secondary N) is 1. The van der Waals surface area contributed by atoms with Crippen molar-refractivity contribution < 1.29 is 9.90 Å². The molecule has 100 valence electrons. The molecule has 1 amide bonds. The molecule has 1 atom stereocenters. The zero-order chi connectivity index (χ0) is 13.8. The van der Waals surface area contributed by atoms with Gasteiger partial charge < -0.3 is 16.2 Å². The third-order valence-corrected chi connectivity index (χ3v) is 4.07. The molecule has 6 heteroatoms. The van der Waals surface area contributed by atoms with E-state index in [1.807, 2.05) is 16.8 Å². The van der Waals surface area contributed by atoms with Crippen molar-refractivity contribution in [3.63, 3.8) is 0 Å². The van der Waals surface area contributed by atoms with Crippen molar-refractivity contribution in [3.8, 4) is 0 Å². The first kappa shape index (κ1) is 14.0. The molecule has 0 fully saturated rings. The zero-order valence-corrected chi connectivity index (χ0v) is 12.4. The van der Waals surface area contributed by atoms with E-state index in [1.165, 1.54) is 11.3 Å². The maximum Gasteiger partial charge on any atom is 0.251 e. The summed E-state index contributed by atoms with van der Waals surface area (Å²) in [6, 6.07) is 6.82. The Hall–Kier alpha value is -1.37. The number of thiophene rings is 1. The highest BCUT2D eigenvalue weighted by Crippen LogP contribution is 2.20. The molecular weight excluding hydrogens is 328 g/mol. The third kappa shape index (κ3) is 3.56. The molecule has 4 N–H and O–H groups in total. The maximum atomic E-state index is 11.9. The zero-order valence-electron chi connectivity index (χ0n) is 9.97. The predicted molar refractivity (Wildman–Crippen MR) is 80.2 cm³/mol. The van der Waals surface area contributed by atoms with Gasteiger partial charge in [-0.05, 0) is 56.5 Å². The molecule has 1 unspecified atom stereocenters. The van der Waals surface area contributed by atoms with Gasteiger partial charge >= 0.3 is 0 Å². The second kappa shape index (κ2) is 6.18. The first-order valence-corrected chi connectivity index (χ1v) is 7.35. The van der Waals surface area contributed by atoms with Crippen LogP contribution in [0.25, 0.3) is 0 Å². The summed E-state index contributed by atoms with van der Waals surface area (Å²) in [6.07, 6.45) is -0.692. The highest BCUT2D eigenvalue weighted by molar-refractivity contribution is 9.10. The lowest BCUT2D eigenvalue weighted by atomic mass is 10.1. The molecule has 2 aromatic rings. The van der Waals surface area contributed by atoms with Crippen LogP contribution in [0.3, 0.4) is 0 Å². The standard InChI is InChI=1S/C13H13BrN2O2S/c14-10-2-1-8(5-11(10)15)13(18)16-6-12(17)9-3-4-19-7-9/h1-5,7,12,17H,6,15H2,(H,16,18). The number of rotatable bonds is 4. The Morgan fingerprint density at radius 3 is 2.89 bits per heavy atom. The lowest BCUT2D eigenvalue weighted by Crippen LogP contribution is -2.28. The predicted octanol–water partition coefficient (Wildman–Crippen LogP) is 2.56. The first-order valence-electron chi connectivity index (χ1n) is 5.61. The van der Waals surface area contributed by atoms with Gasteiger partial charge in [0.1, 0.15) is 0 Å². The SMILES string of the molecule is Nc1cc(C(=O)NCC(O)c2ccsc2)ccc1Br. The summed E-state index contributed by atoms with van der Waals surface area (Å²) in [5.41, 5.74) is 7.50. The van der Waals surface area contributed by atoms with E-state index in [-0.39, 0.29) is 12.5 Å². The molecule has 0 saturated heterocycles. The molecule has 4 nitrogen and oxygen atoms in total. The van der Waals surface area contributed by atoms with E-state index in [0.717, 1.165) is 10.0 Å². The van der Waals surface area contributed by atoms with Gasteiger partial charge in [-0.15, -0.1) is 0 Å². The summed E-state index contributed by atoms with van der Waals surface area (Å²) in [7, 11) is 0. The number of nitrogen functional groups attached to an aromatic ring is 1. The molecule has 0 saturated carbocycles. The normalized spacial score (nSPS) is 12.1. The quantitative estimate of drug-likeness (QED) is 0.748. The largest absolute Gasteiger partial charge is 0.398 e. The molecule has 2 rings (SSSR count). The van der Waals surface area contributed by atoms with Crippen LogP contribution in [0.5, 0.6) is 0 Å². The number of aliphatic hydroxyl groups excluding tert-OH is 1. The molecule has 0 bridgehead atoms. The van der Waals surface area contributed by atoms with Gasteiger partial charge in [-0.1, -0.05) is 0 Å². The van der Waals surface area contributed by atoms with E-state index < -0.39 is 6.10 Å². The van der Waals surface area contributed by atoms with Gasteiger partial charge in [-0.2, -0.15) is 11.3 Å². The molecule has 19 heavy (non-hydrogen) atoms. The fraction of sp³-hybridized carbons (Fsp3) is 0.154. The van der Waals surface area contributed by atoms with Crippen LogP contribution in [-0.2, 0) is 0 Å². The monoisotopic (exact) mass is 340 g/mol. The Morgan fingerprint density at radius 2 is 2.26 bits per heavy atom. The number of hydrogen-bond donors (Lipinski definition) is 3. The number of amides is 1. The van der Waals surface area contributed by atoms with Gasteiger partial charge in [0, 0.05) is 22.3 Å². The summed E-state index contributed by atoms with van der Waals surface area (Å²) in [5.74, 6) is -0.256. The number of halogens is 1. The number of anilines is 1. The number of aliphatic hydroxyl groups is 1.